The van der Waals surface area contributed by atoms with Gasteiger partial charge in [-0.25, -0.2) is 0 Å². The summed E-state index contributed by atoms with van der Waals surface area (Å²) in [6, 6.07) is 0.478. The van der Waals surface area contributed by atoms with Crippen LogP contribution in [0.5, 0.6) is 0 Å². The van der Waals surface area contributed by atoms with Crippen LogP contribution in [0.15, 0.2) is 12.1 Å². The van der Waals surface area contributed by atoms with E-state index in [1.807, 2.05) is 0 Å². The van der Waals surface area contributed by atoms with E-state index in [1.54, 1.807) is 0 Å². The molecule has 12 heteroatoms. The van der Waals surface area contributed by atoms with Crippen LogP contribution >= 0.6 is 11.8 Å². The summed E-state index contributed by atoms with van der Waals surface area (Å²) in [6.07, 6.45) is -4.60. The van der Waals surface area contributed by atoms with Gasteiger partial charge >= 0.3 is 6.18 Å². The number of halogens is 3. The number of alkyl halides is 3. The topological polar surface area (TPSA) is 119 Å². The minimum absolute atomic E-state index is 0.239. The largest absolute Gasteiger partial charge is 0.416 e. The first kappa shape index (κ1) is 18.3. The molecule has 0 aliphatic carbocycles. The summed E-state index contributed by atoms with van der Waals surface area (Å²) in [5.41, 5.74) is -5.49. The lowest BCUT2D eigenvalue weighted by Gasteiger charge is -2.22. The minimum atomic E-state index is -4.96. The quantitative estimate of drug-likeness (QED) is 0.607. The predicted molar refractivity (Wildman–Crippen MR) is 80.1 cm³/mol. The summed E-state index contributed by atoms with van der Waals surface area (Å²) in [5, 5.41) is 34.7. The van der Waals surface area contributed by atoms with Crippen LogP contribution in [0, 0.1) is 20.2 Å². The molecule has 0 bridgehead atoms. The molecule has 0 radical (unpaired) electrons. The number of thioether (sulfide) groups is 1. The average Bonchev–Trinajstić information content (AvgIpc) is 2.90. The second-order valence-corrected chi connectivity index (χ2v) is 6.39. The summed E-state index contributed by atoms with van der Waals surface area (Å²) in [5.74, 6) is 0.970. The molecule has 1 unspecified atom stereocenters. The molecule has 1 aromatic rings. The van der Waals surface area contributed by atoms with Gasteiger partial charge in [0.1, 0.15) is 0 Å². The van der Waals surface area contributed by atoms with Crippen LogP contribution in [-0.2, 0) is 6.18 Å². The van der Waals surface area contributed by atoms with E-state index in [-0.39, 0.29) is 18.7 Å². The smallest absolute Gasteiger partial charge is 0.387 e. The van der Waals surface area contributed by atoms with Crippen molar-refractivity contribution in [2.24, 2.45) is 0 Å². The van der Waals surface area contributed by atoms with Crippen molar-refractivity contribution in [2.75, 3.05) is 23.4 Å². The zero-order chi connectivity index (χ0) is 18.1. The van der Waals surface area contributed by atoms with E-state index in [0.29, 0.717) is 17.9 Å². The van der Waals surface area contributed by atoms with Crippen molar-refractivity contribution in [3.63, 3.8) is 0 Å². The monoisotopic (exact) mass is 367 g/mol. The molecule has 1 aliphatic heterocycles. The molecule has 1 heterocycles. The lowest BCUT2D eigenvalue weighted by Crippen LogP contribution is -2.36. The summed E-state index contributed by atoms with van der Waals surface area (Å²) >= 11 is 1.44. The molecule has 8 nitrogen and oxygen atoms in total. The fourth-order valence-corrected chi connectivity index (χ4v) is 3.53. The maximum atomic E-state index is 12.8. The van der Waals surface area contributed by atoms with Crippen LogP contribution in [0.3, 0.4) is 0 Å². The number of nitrogens with one attached hydrogen (secondary N) is 1. The molecule has 2 rings (SSSR count). The van der Waals surface area contributed by atoms with Crippen LogP contribution in [0.2, 0.25) is 0 Å². The molecular weight excluding hydrogens is 355 g/mol. The Bertz CT molecular complexity index is 641. The first-order chi connectivity index (χ1) is 11.0. The molecule has 24 heavy (non-hydrogen) atoms. The number of nitro groups is 2. The first-order valence-corrected chi connectivity index (χ1v) is 7.77. The number of aliphatic hydroxyl groups is 1. The summed E-state index contributed by atoms with van der Waals surface area (Å²) in [7, 11) is 0. The van der Waals surface area contributed by atoms with E-state index in [9.17, 15) is 38.5 Å². The molecule has 1 aliphatic rings. The van der Waals surface area contributed by atoms with E-state index >= 15 is 0 Å². The SMILES string of the molecule is O=[N+]([O-])c1cc(C(F)(F)F)cc([N+](=O)[O-])c1NCC1(O)CCSC1. The molecule has 0 saturated carbocycles. The second-order valence-electron chi connectivity index (χ2n) is 5.28. The first-order valence-electron chi connectivity index (χ1n) is 6.61. The van der Waals surface area contributed by atoms with Crippen LogP contribution in [-0.4, -0.2) is 38.6 Å². The van der Waals surface area contributed by atoms with Crippen molar-refractivity contribution < 1.29 is 28.1 Å². The number of hydrogen-bond acceptors (Lipinski definition) is 7. The Labute approximate surface area is 137 Å². The van der Waals surface area contributed by atoms with Gasteiger partial charge in [-0.05, 0) is 12.2 Å². The summed E-state index contributed by atoms with van der Waals surface area (Å²) in [6.45, 7) is -0.243. The molecule has 0 spiro atoms. The molecule has 0 amide bonds. The van der Waals surface area contributed by atoms with Crippen LogP contribution in [0.4, 0.5) is 30.2 Å². The van der Waals surface area contributed by atoms with E-state index < -0.39 is 44.2 Å². The molecule has 1 aromatic carbocycles. The Balaban J connectivity index is 2.47. The van der Waals surface area contributed by atoms with Crippen LogP contribution in [0.1, 0.15) is 12.0 Å². The van der Waals surface area contributed by atoms with Gasteiger partial charge in [-0.2, -0.15) is 24.9 Å². The van der Waals surface area contributed by atoms with Crippen molar-refractivity contribution in [2.45, 2.75) is 18.2 Å². The highest BCUT2D eigenvalue weighted by Gasteiger charge is 2.39. The standard InChI is InChI=1S/C12H12F3N3O5S/c13-12(14,15)7-3-8(17(20)21)10(9(4-7)18(22)23)16-5-11(19)1-2-24-6-11/h3-4,16,19H,1-2,5-6H2. The van der Waals surface area contributed by atoms with Gasteiger partial charge in [0.15, 0.2) is 5.69 Å². The predicted octanol–water partition coefficient (Wildman–Crippen LogP) is 2.80. The maximum absolute atomic E-state index is 12.8. The van der Waals surface area contributed by atoms with E-state index in [2.05, 4.69) is 5.32 Å². The number of benzene rings is 1. The number of nitrogens with zero attached hydrogens (tertiary/aromatic N) is 2. The normalized spacial score (nSPS) is 20.8. The maximum Gasteiger partial charge on any atom is 0.416 e. The highest BCUT2D eigenvalue weighted by Crippen LogP contribution is 2.41. The summed E-state index contributed by atoms with van der Waals surface area (Å²) in [4.78, 5) is 19.9. The Morgan fingerprint density at radius 2 is 1.79 bits per heavy atom. The number of rotatable bonds is 5. The van der Waals surface area contributed by atoms with Crippen molar-refractivity contribution >= 4 is 28.8 Å². The third kappa shape index (κ3) is 3.87. The molecule has 1 fully saturated rings. The molecule has 1 saturated heterocycles. The molecule has 132 valence electrons. The molecule has 1 atom stereocenters. The average molecular weight is 367 g/mol. The van der Waals surface area contributed by atoms with Gasteiger partial charge in [0.2, 0.25) is 0 Å². The molecular formula is C12H12F3N3O5S. The Hall–Kier alpha value is -2.08. The zero-order valence-electron chi connectivity index (χ0n) is 12.0. The third-order valence-electron chi connectivity index (χ3n) is 3.49. The van der Waals surface area contributed by atoms with Gasteiger partial charge in [-0.15, -0.1) is 0 Å². The van der Waals surface area contributed by atoms with E-state index in [0.717, 1.165) is 0 Å². The highest BCUT2D eigenvalue weighted by atomic mass is 32.2. The van der Waals surface area contributed by atoms with Gasteiger partial charge in [0.25, 0.3) is 11.4 Å². The highest BCUT2D eigenvalue weighted by molar-refractivity contribution is 7.99. The second kappa shape index (κ2) is 6.43. The van der Waals surface area contributed by atoms with Crippen molar-refractivity contribution in [1.29, 1.82) is 0 Å². The van der Waals surface area contributed by atoms with Gasteiger partial charge in [0.05, 0.1) is 21.0 Å². The van der Waals surface area contributed by atoms with Gasteiger partial charge in [-0.3, -0.25) is 20.2 Å². The minimum Gasteiger partial charge on any atom is -0.387 e. The Morgan fingerprint density at radius 1 is 1.25 bits per heavy atom. The Morgan fingerprint density at radius 3 is 2.17 bits per heavy atom. The van der Waals surface area contributed by atoms with Crippen molar-refractivity contribution in [3.05, 3.63) is 37.9 Å². The fraction of sp³-hybridized carbons (Fsp3) is 0.500. The van der Waals surface area contributed by atoms with Crippen molar-refractivity contribution in [3.8, 4) is 0 Å². The lowest BCUT2D eigenvalue weighted by molar-refractivity contribution is -0.392. The molecule has 2 N–H and O–H groups in total. The van der Waals surface area contributed by atoms with Crippen LogP contribution in [0.25, 0.3) is 0 Å². The van der Waals surface area contributed by atoms with Gasteiger partial charge < -0.3 is 10.4 Å². The fourth-order valence-electron chi connectivity index (χ4n) is 2.23. The van der Waals surface area contributed by atoms with Gasteiger partial charge in [0, 0.05) is 24.4 Å². The zero-order valence-corrected chi connectivity index (χ0v) is 12.8. The Kier molecular flexibility index (Phi) is 4.90. The van der Waals surface area contributed by atoms with E-state index in [4.69, 9.17) is 0 Å². The third-order valence-corrected chi connectivity index (χ3v) is 4.73. The molecule has 0 aromatic heterocycles. The van der Waals surface area contributed by atoms with Crippen LogP contribution < -0.4 is 5.32 Å². The summed E-state index contributed by atoms with van der Waals surface area (Å²) < 4.78 is 38.4. The number of anilines is 1. The van der Waals surface area contributed by atoms with Crippen molar-refractivity contribution in [1.82, 2.24) is 0 Å². The van der Waals surface area contributed by atoms with E-state index in [1.165, 1.54) is 11.8 Å². The lowest BCUT2D eigenvalue weighted by atomic mass is 10.0. The van der Waals surface area contributed by atoms with Gasteiger partial charge in [-0.1, -0.05) is 0 Å². The number of nitro benzene ring substituents is 2. The number of hydrogen-bond donors (Lipinski definition) is 2.